The van der Waals surface area contributed by atoms with E-state index in [1.165, 1.54) is 5.56 Å². The molecule has 3 rings (SSSR count). The third kappa shape index (κ3) is 3.67. The van der Waals surface area contributed by atoms with Crippen molar-refractivity contribution in [3.8, 4) is 28.6 Å². The van der Waals surface area contributed by atoms with Crippen LogP contribution in [-0.2, 0) is 6.42 Å². The van der Waals surface area contributed by atoms with Crippen molar-refractivity contribution in [2.45, 2.75) is 20.3 Å². The third-order valence-electron chi connectivity index (χ3n) is 3.99. The molecule has 3 aromatic rings. The lowest BCUT2D eigenvalue weighted by molar-refractivity contribution is 0.647. The molecule has 25 heavy (non-hydrogen) atoms. The molecule has 4 heteroatoms. The van der Waals surface area contributed by atoms with Crippen LogP contribution in [0.25, 0.3) is 22.5 Å². The molecule has 0 unspecified atom stereocenters. The van der Waals surface area contributed by atoms with Crippen LogP contribution in [0.2, 0.25) is 0 Å². The van der Waals surface area contributed by atoms with Gasteiger partial charge in [-0.1, -0.05) is 44.2 Å². The van der Waals surface area contributed by atoms with Crippen LogP contribution in [0, 0.1) is 17.2 Å². The molecule has 0 saturated carbocycles. The largest absolute Gasteiger partial charge is 0.383 e. The number of pyridine rings is 2. The molecule has 0 spiro atoms. The van der Waals surface area contributed by atoms with E-state index in [9.17, 15) is 5.26 Å². The highest BCUT2D eigenvalue weighted by atomic mass is 14.9. The number of nitrogen functional groups attached to an aromatic ring is 1. The number of benzene rings is 1. The van der Waals surface area contributed by atoms with Crippen LogP contribution in [0.1, 0.15) is 25.0 Å². The first-order valence-corrected chi connectivity index (χ1v) is 8.30. The van der Waals surface area contributed by atoms with Crippen molar-refractivity contribution >= 4 is 5.82 Å². The molecule has 0 atom stereocenters. The molecule has 0 saturated heterocycles. The Kier molecular flexibility index (Phi) is 4.76. The Balaban J connectivity index is 2.06. The van der Waals surface area contributed by atoms with Crippen molar-refractivity contribution in [1.29, 1.82) is 5.26 Å². The minimum Gasteiger partial charge on any atom is -0.383 e. The van der Waals surface area contributed by atoms with Gasteiger partial charge in [-0.2, -0.15) is 5.26 Å². The highest BCUT2D eigenvalue weighted by Crippen LogP contribution is 2.30. The number of nitrogens with zero attached hydrogens (tertiary/aromatic N) is 3. The number of anilines is 1. The van der Waals surface area contributed by atoms with Gasteiger partial charge in [0.1, 0.15) is 17.5 Å². The van der Waals surface area contributed by atoms with E-state index in [-0.39, 0.29) is 5.82 Å². The van der Waals surface area contributed by atoms with E-state index < -0.39 is 0 Å². The molecule has 124 valence electrons. The molecule has 2 N–H and O–H groups in total. The topological polar surface area (TPSA) is 75.6 Å². The molecular formula is C21H20N4. The summed E-state index contributed by atoms with van der Waals surface area (Å²) in [4.78, 5) is 8.76. The Morgan fingerprint density at radius 1 is 1.08 bits per heavy atom. The van der Waals surface area contributed by atoms with Crippen molar-refractivity contribution in [1.82, 2.24) is 9.97 Å². The zero-order chi connectivity index (χ0) is 17.8. The second-order valence-electron chi connectivity index (χ2n) is 6.44. The molecule has 1 aromatic carbocycles. The van der Waals surface area contributed by atoms with Crippen molar-refractivity contribution in [2.24, 2.45) is 5.92 Å². The average Bonchev–Trinajstić information content (AvgIpc) is 2.62. The number of aromatic nitrogens is 2. The van der Waals surface area contributed by atoms with Crippen LogP contribution in [-0.4, -0.2) is 9.97 Å². The van der Waals surface area contributed by atoms with Crippen LogP contribution in [0.15, 0.2) is 54.7 Å². The second kappa shape index (κ2) is 7.14. The Hall–Kier alpha value is -3.19. The summed E-state index contributed by atoms with van der Waals surface area (Å²) in [6.07, 6.45) is 2.75. The minimum atomic E-state index is 0.229. The molecule has 0 aliphatic carbocycles. The molecule has 2 heterocycles. The highest BCUT2D eigenvalue weighted by Gasteiger charge is 2.14. The van der Waals surface area contributed by atoms with Crippen LogP contribution in [0.4, 0.5) is 5.82 Å². The standard InChI is InChI=1S/C21H20N4/c1-14(2)11-15-6-8-16(9-7-15)20-12-17(18(13-22)21(23)25-20)19-5-3-4-10-24-19/h3-10,12,14H,11H2,1-2H3,(H2,23,25). The van der Waals surface area contributed by atoms with Crippen molar-refractivity contribution in [3.05, 3.63) is 65.9 Å². The minimum absolute atomic E-state index is 0.229. The normalized spacial score (nSPS) is 10.6. The van der Waals surface area contributed by atoms with Gasteiger partial charge in [0, 0.05) is 17.3 Å². The predicted octanol–water partition coefficient (Wildman–Crippen LogP) is 4.46. The van der Waals surface area contributed by atoms with E-state index in [4.69, 9.17) is 5.73 Å². The Bertz CT molecular complexity index is 907. The molecule has 0 amide bonds. The van der Waals surface area contributed by atoms with Crippen LogP contribution >= 0.6 is 0 Å². The summed E-state index contributed by atoms with van der Waals surface area (Å²) in [5.74, 6) is 0.845. The van der Waals surface area contributed by atoms with Gasteiger partial charge in [-0.3, -0.25) is 4.98 Å². The number of hydrogen-bond acceptors (Lipinski definition) is 4. The van der Waals surface area contributed by atoms with Crippen molar-refractivity contribution in [2.75, 3.05) is 5.73 Å². The summed E-state index contributed by atoms with van der Waals surface area (Å²) < 4.78 is 0. The van der Waals surface area contributed by atoms with Gasteiger partial charge in [0.2, 0.25) is 0 Å². The molecule has 0 fully saturated rings. The molecular weight excluding hydrogens is 308 g/mol. The van der Waals surface area contributed by atoms with E-state index >= 15 is 0 Å². The summed E-state index contributed by atoms with van der Waals surface area (Å²) in [6.45, 7) is 4.41. The average molecular weight is 328 g/mol. The number of rotatable bonds is 4. The molecule has 0 aliphatic rings. The Morgan fingerprint density at radius 3 is 2.44 bits per heavy atom. The van der Waals surface area contributed by atoms with E-state index in [0.29, 0.717) is 22.7 Å². The van der Waals surface area contributed by atoms with Crippen LogP contribution in [0.5, 0.6) is 0 Å². The number of nitrogens with two attached hydrogens (primary N) is 1. The summed E-state index contributed by atoms with van der Waals surface area (Å²) >= 11 is 0. The van der Waals surface area contributed by atoms with Gasteiger partial charge in [-0.05, 0) is 36.1 Å². The van der Waals surface area contributed by atoms with E-state index in [1.54, 1.807) is 6.20 Å². The van der Waals surface area contributed by atoms with Crippen LogP contribution in [0.3, 0.4) is 0 Å². The van der Waals surface area contributed by atoms with Gasteiger partial charge in [0.05, 0.1) is 11.4 Å². The van der Waals surface area contributed by atoms with E-state index in [1.807, 2.05) is 36.4 Å². The third-order valence-corrected chi connectivity index (χ3v) is 3.99. The summed E-state index contributed by atoms with van der Waals surface area (Å²) in [7, 11) is 0. The van der Waals surface area contributed by atoms with Gasteiger partial charge in [-0.15, -0.1) is 0 Å². The van der Waals surface area contributed by atoms with E-state index in [0.717, 1.165) is 17.7 Å². The van der Waals surface area contributed by atoms with Gasteiger partial charge < -0.3 is 5.73 Å². The molecule has 2 aromatic heterocycles. The Labute approximate surface area is 148 Å². The summed E-state index contributed by atoms with van der Waals surface area (Å²) in [5.41, 5.74) is 10.8. The lowest BCUT2D eigenvalue weighted by Crippen LogP contribution is -2.00. The lowest BCUT2D eigenvalue weighted by Gasteiger charge is -2.10. The molecule has 0 aliphatic heterocycles. The van der Waals surface area contributed by atoms with Crippen LogP contribution < -0.4 is 5.73 Å². The maximum absolute atomic E-state index is 9.44. The van der Waals surface area contributed by atoms with Crippen molar-refractivity contribution < 1.29 is 0 Å². The monoisotopic (exact) mass is 328 g/mol. The zero-order valence-electron chi connectivity index (χ0n) is 14.4. The van der Waals surface area contributed by atoms with Gasteiger partial charge in [0.25, 0.3) is 0 Å². The number of nitriles is 1. The maximum Gasteiger partial charge on any atom is 0.142 e. The van der Waals surface area contributed by atoms with Gasteiger partial charge in [0.15, 0.2) is 0 Å². The summed E-state index contributed by atoms with van der Waals surface area (Å²) in [6, 6.07) is 18.0. The highest BCUT2D eigenvalue weighted by molar-refractivity contribution is 5.78. The summed E-state index contributed by atoms with van der Waals surface area (Å²) in [5, 5.41) is 9.44. The first-order valence-electron chi connectivity index (χ1n) is 8.30. The zero-order valence-corrected chi connectivity index (χ0v) is 14.4. The first kappa shape index (κ1) is 16.7. The lowest BCUT2D eigenvalue weighted by atomic mass is 9.99. The quantitative estimate of drug-likeness (QED) is 0.767. The second-order valence-corrected chi connectivity index (χ2v) is 6.44. The van der Waals surface area contributed by atoms with Gasteiger partial charge in [-0.25, -0.2) is 4.98 Å². The Morgan fingerprint density at radius 2 is 1.84 bits per heavy atom. The molecule has 0 radical (unpaired) electrons. The van der Waals surface area contributed by atoms with Gasteiger partial charge >= 0.3 is 0 Å². The SMILES string of the molecule is CC(C)Cc1ccc(-c2cc(-c3ccccn3)c(C#N)c(N)n2)cc1. The fraction of sp³-hybridized carbons (Fsp3) is 0.190. The predicted molar refractivity (Wildman–Crippen MR) is 101 cm³/mol. The fourth-order valence-corrected chi connectivity index (χ4v) is 2.84. The first-order chi connectivity index (χ1) is 12.1. The fourth-order valence-electron chi connectivity index (χ4n) is 2.84. The van der Waals surface area contributed by atoms with E-state index in [2.05, 4.69) is 42.0 Å². The smallest absolute Gasteiger partial charge is 0.142 e. The molecule has 4 nitrogen and oxygen atoms in total. The molecule has 0 bridgehead atoms. The number of hydrogen-bond donors (Lipinski definition) is 1. The van der Waals surface area contributed by atoms with Crippen molar-refractivity contribution in [3.63, 3.8) is 0 Å². The maximum atomic E-state index is 9.44.